The number of pyridine rings is 1. The fourth-order valence-electron chi connectivity index (χ4n) is 5.74. The van der Waals surface area contributed by atoms with E-state index in [0.29, 0.717) is 29.1 Å². The van der Waals surface area contributed by atoms with Crippen LogP contribution in [0.3, 0.4) is 0 Å². The van der Waals surface area contributed by atoms with E-state index in [-0.39, 0.29) is 11.8 Å². The van der Waals surface area contributed by atoms with Gasteiger partial charge in [0.15, 0.2) is 0 Å². The van der Waals surface area contributed by atoms with E-state index in [1.807, 2.05) is 67.6 Å². The summed E-state index contributed by atoms with van der Waals surface area (Å²) >= 11 is 0. The van der Waals surface area contributed by atoms with Crippen molar-refractivity contribution in [3.63, 3.8) is 0 Å². The molecule has 0 unspecified atom stereocenters. The number of ether oxygens (including phenoxy) is 1. The molecule has 4 aromatic rings. The van der Waals surface area contributed by atoms with Crippen LogP contribution in [-0.2, 0) is 12.8 Å². The lowest BCUT2D eigenvalue weighted by Gasteiger charge is -2.18. The van der Waals surface area contributed by atoms with Gasteiger partial charge in [0.05, 0.1) is 12.1 Å². The minimum absolute atomic E-state index is 0.191. The number of likely N-dealkylation sites (tertiary alicyclic amines) is 1. The van der Waals surface area contributed by atoms with E-state index >= 15 is 0 Å². The number of anilines is 2. The van der Waals surface area contributed by atoms with Crippen molar-refractivity contribution in [2.45, 2.75) is 45.4 Å². The Morgan fingerprint density at radius 2 is 1.68 bits per heavy atom. The number of aryl methyl sites for hydroxylation is 3. The van der Waals surface area contributed by atoms with Gasteiger partial charge in [0.25, 0.3) is 11.8 Å². The molecule has 41 heavy (non-hydrogen) atoms. The van der Waals surface area contributed by atoms with Crippen LogP contribution in [0.1, 0.15) is 63.2 Å². The first-order valence-electron chi connectivity index (χ1n) is 14.6. The van der Waals surface area contributed by atoms with E-state index in [1.54, 1.807) is 6.07 Å². The van der Waals surface area contributed by atoms with Gasteiger partial charge in [-0.25, -0.2) is 0 Å². The summed E-state index contributed by atoms with van der Waals surface area (Å²) in [7, 11) is 0. The van der Waals surface area contributed by atoms with Gasteiger partial charge in [0.2, 0.25) is 0 Å². The number of hydrogen-bond acceptors (Lipinski definition) is 5. The molecule has 0 atom stereocenters. The quantitative estimate of drug-likeness (QED) is 0.266. The van der Waals surface area contributed by atoms with E-state index in [1.165, 1.54) is 25.9 Å². The van der Waals surface area contributed by atoms with E-state index in [9.17, 15) is 9.59 Å². The number of hydrogen-bond donors (Lipinski definition) is 2. The number of nitrogens with zero attached hydrogens (tertiary/aromatic N) is 2. The fourth-order valence-corrected chi connectivity index (χ4v) is 5.74. The molecule has 1 saturated heterocycles. The molecule has 7 nitrogen and oxygen atoms in total. The zero-order valence-corrected chi connectivity index (χ0v) is 23.5. The van der Waals surface area contributed by atoms with Crippen LogP contribution >= 0.6 is 0 Å². The fraction of sp³-hybridized carbons (Fsp3) is 0.324. The predicted molar refractivity (Wildman–Crippen MR) is 163 cm³/mol. The van der Waals surface area contributed by atoms with Gasteiger partial charge in [-0.1, -0.05) is 18.2 Å². The summed E-state index contributed by atoms with van der Waals surface area (Å²) in [5, 5.41) is 7.07. The van der Waals surface area contributed by atoms with Gasteiger partial charge in [-0.2, -0.15) is 0 Å². The summed E-state index contributed by atoms with van der Waals surface area (Å²) in [5.74, 6) is 0.382. The van der Waals surface area contributed by atoms with Crippen molar-refractivity contribution < 1.29 is 14.3 Å². The number of carbonyl (C=O) groups is 2. The molecule has 2 amide bonds. The molecule has 3 aromatic carbocycles. The molecule has 0 saturated carbocycles. The summed E-state index contributed by atoms with van der Waals surface area (Å²) in [4.78, 5) is 33.6. The molecular weight excluding hydrogens is 512 g/mol. The zero-order valence-electron chi connectivity index (χ0n) is 23.5. The number of carbonyl (C=O) groups excluding carboxylic acids is 2. The summed E-state index contributed by atoms with van der Waals surface area (Å²) in [6.45, 7) is 6.00. The van der Waals surface area contributed by atoms with Crippen LogP contribution in [0, 0.1) is 6.92 Å². The second-order valence-corrected chi connectivity index (χ2v) is 11.1. The molecule has 2 aliphatic heterocycles. The Morgan fingerprint density at radius 1 is 0.878 bits per heavy atom. The molecule has 0 bridgehead atoms. The lowest BCUT2D eigenvalue weighted by Crippen LogP contribution is -2.21. The highest BCUT2D eigenvalue weighted by atomic mass is 16.5. The molecule has 2 aliphatic rings. The van der Waals surface area contributed by atoms with Gasteiger partial charge in [-0.3, -0.25) is 14.6 Å². The average Bonchev–Trinajstić information content (AvgIpc) is 3.51. The lowest BCUT2D eigenvalue weighted by molar-refractivity contribution is 0.101. The van der Waals surface area contributed by atoms with E-state index in [2.05, 4.69) is 20.5 Å². The van der Waals surface area contributed by atoms with Crippen LogP contribution in [0.15, 0.2) is 66.7 Å². The smallest absolute Gasteiger partial charge is 0.255 e. The van der Waals surface area contributed by atoms with Gasteiger partial charge in [-0.15, -0.1) is 0 Å². The highest BCUT2D eigenvalue weighted by Gasteiger charge is 2.17. The molecular formula is C34H36N4O3. The van der Waals surface area contributed by atoms with Crippen molar-refractivity contribution in [2.24, 2.45) is 0 Å². The van der Waals surface area contributed by atoms with E-state index in [4.69, 9.17) is 4.74 Å². The molecule has 1 fully saturated rings. The maximum absolute atomic E-state index is 13.4. The second kappa shape index (κ2) is 12.1. The van der Waals surface area contributed by atoms with Gasteiger partial charge in [0, 0.05) is 33.6 Å². The molecule has 7 heteroatoms. The number of nitrogens with one attached hydrogen (secondary N) is 2. The molecule has 1 aromatic heterocycles. The topological polar surface area (TPSA) is 83.6 Å². The molecule has 0 radical (unpaired) electrons. The van der Waals surface area contributed by atoms with Gasteiger partial charge in [0.1, 0.15) is 5.75 Å². The Bertz CT molecular complexity index is 1590. The largest absolute Gasteiger partial charge is 0.493 e. The Labute approximate surface area is 240 Å². The minimum atomic E-state index is -0.210. The summed E-state index contributed by atoms with van der Waals surface area (Å²) in [6.07, 6.45) is 6.34. The molecule has 3 heterocycles. The third-order valence-electron chi connectivity index (χ3n) is 8.00. The van der Waals surface area contributed by atoms with Gasteiger partial charge >= 0.3 is 0 Å². The lowest BCUT2D eigenvalue weighted by atomic mass is 10.0. The Hall–Kier alpha value is -4.23. The molecule has 6 rings (SSSR count). The van der Waals surface area contributed by atoms with Crippen LogP contribution in [0.4, 0.5) is 11.4 Å². The number of fused-ring (bicyclic) bond motifs is 2. The van der Waals surface area contributed by atoms with E-state index in [0.717, 1.165) is 65.7 Å². The number of rotatable bonds is 8. The van der Waals surface area contributed by atoms with Crippen molar-refractivity contribution in [2.75, 3.05) is 36.9 Å². The second-order valence-electron chi connectivity index (χ2n) is 11.1. The molecule has 0 spiro atoms. The third-order valence-corrected chi connectivity index (χ3v) is 8.00. The average molecular weight is 549 g/mol. The first-order chi connectivity index (χ1) is 20.0. The van der Waals surface area contributed by atoms with Crippen molar-refractivity contribution in [3.8, 4) is 5.75 Å². The Balaban J connectivity index is 1.22. The van der Waals surface area contributed by atoms with E-state index < -0.39 is 0 Å². The monoisotopic (exact) mass is 548 g/mol. The first kappa shape index (κ1) is 27.0. The van der Waals surface area contributed by atoms with Crippen LogP contribution in [0.2, 0.25) is 0 Å². The van der Waals surface area contributed by atoms with Crippen LogP contribution < -0.4 is 15.4 Å². The highest BCUT2D eigenvalue weighted by molar-refractivity contribution is 6.08. The van der Waals surface area contributed by atoms with Crippen molar-refractivity contribution in [3.05, 3.63) is 94.7 Å². The van der Waals surface area contributed by atoms with Gasteiger partial charge in [-0.05, 0) is 125 Å². The maximum Gasteiger partial charge on any atom is 0.255 e. The molecule has 210 valence electrons. The highest BCUT2D eigenvalue weighted by Crippen LogP contribution is 2.28. The Morgan fingerprint density at radius 3 is 2.56 bits per heavy atom. The van der Waals surface area contributed by atoms with Crippen molar-refractivity contribution in [1.82, 2.24) is 9.88 Å². The van der Waals surface area contributed by atoms with Crippen LogP contribution in [-0.4, -0.2) is 47.9 Å². The van der Waals surface area contributed by atoms with Crippen LogP contribution in [0.5, 0.6) is 5.75 Å². The van der Waals surface area contributed by atoms with Crippen LogP contribution in [0.25, 0.3) is 10.9 Å². The minimum Gasteiger partial charge on any atom is -0.493 e. The summed E-state index contributed by atoms with van der Waals surface area (Å²) in [6, 6.07) is 20.9. The normalized spacial score (nSPS) is 14.9. The standard InChI is InChI=1S/C34H36N4O3/c1-23-8-9-26-20-27(13-15-30(26)35-23)34(40)37-31-22-29(14-12-24(31)6-4-18-38-16-2-3-17-38)36-33(39)28-11-10-25-7-5-19-41-32(25)21-28/h8-15,20-22H,2-7,16-19H2,1H3,(H,36,39)(H,37,40). The first-order valence-corrected chi connectivity index (χ1v) is 14.6. The zero-order chi connectivity index (χ0) is 28.2. The number of benzene rings is 3. The summed E-state index contributed by atoms with van der Waals surface area (Å²) < 4.78 is 5.76. The molecule has 2 N–H and O–H groups in total. The SMILES string of the molecule is Cc1ccc2cc(C(=O)Nc3cc(NC(=O)c4ccc5c(c4)OCCC5)ccc3CCCN3CCCC3)ccc2n1. The Kier molecular flexibility index (Phi) is 7.96. The number of amides is 2. The van der Waals surface area contributed by atoms with Crippen molar-refractivity contribution in [1.29, 1.82) is 0 Å². The summed E-state index contributed by atoms with van der Waals surface area (Å²) in [5.41, 5.74) is 6.44. The van der Waals surface area contributed by atoms with Gasteiger partial charge < -0.3 is 20.3 Å². The maximum atomic E-state index is 13.4. The number of aromatic nitrogens is 1. The predicted octanol–water partition coefficient (Wildman–Crippen LogP) is 6.40. The molecule has 0 aliphatic carbocycles. The third kappa shape index (κ3) is 6.41. The van der Waals surface area contributed by atoms with Crippen molar-refractivity contribution >= 4 is 34.1 Å².